The number of thioether (sulfide) groups is 1. The molecule has 3 amide bonds. The zero-order chi connectivity index (χ0) is 12.0. The lowest BCUT2D eigenvalue weighted by atomic mass is 10.4. The lowest BCUT2D eigenvalue weighted by molar-refractivity contribution is -0.119. The number of amides is 3. The molecule has 0 spiro atoms. The Morgan fingerprint density at radius 1 is 1.50 bits per heavy atom. The molecule has 88 valence electrons. The molecule has 0 saturated heterocycles. The van der Waals surface area contributed by atoms with E-state index in [1.165, 1.54) is 30.1 Å². The van der Waals surface area contributed by atoms with E-state index in [0.29, 0.717) is 15.2 Å². The number of carbonyl (C=O) groups excluding carboxylic acids is 2. The molecule has 1 rings (SSSR count). The highest BCUT2D eigenvalue weighted by atomic mass is 32.2. The van der Waals surface area contributed by atoms with Crippen LogP contribution in [0, 0.1) is 0 Å². The van der Waals surface area contributed by atoms with Crippen molar-refractivity contribution in [2.75, 3.05) is 18.5 Å². The van der Waals surface area contributed by atoms with E-state index in [2.05, 4.69) is 20.8 Å². The highest BCUT2D eigenvalue weighted by Crippen LogP contribution is 2.23. The van der Waals surface area contributed by atoms with Gasteiger partial charge in [0.1, 0.15) is 0 Å². The number of nitrogen functional groups attached to an aromatic ring is 1. The fraction of sp³-hybridized carbons (Fsp3) is 0.429. The summed E-state index contributed by atoms with van der Waals surface area (Å²) in [5, 5.41) is 12.3. The largest absolute Gasteiger partial charge is 0.374 e. The van der Waals surface area contributed by atoms with Crippen molar-refractivity contribution < 1.29 is 9.59 Å². The minimum absolute atomic E-state index is 0.234. The molecule has 0 aliphatic rings. The Balaban J connectivity index is 2.20. The van der Waals surface area contributed by atoms with Gasteiger partial charge in [-0.1, -0.05) is 23.1 Å². The second-order valence-corrected chi connectivity index (χ2v) is 4.98. The minimum atomic E-state index is -0.504. The quantitative estimate of drug-likeness (QED) is 0.661. The highest BCUT2D eigenvalue weighted by molar-refractivity contribution is 8.01. The number of carbonyl (C=O) groups is 2. The number of rotatable bonds is 4. The van der Waals surface area contributed by atoms with Gasteiger partial charge in [-0.05, 0) is 0 Å². The summed E-state index contributed by atoms with van der Waals surface area (Å²) in [6.07, 6.45) is 0.234. The molecule has 0 radical (unpaired) electrons. The SMILES string of the molecule is CNC(=O)NC(=O)CCSc1nnc(N)s1. The van der Waals surface area contributed by atoms with Crippen molar-refractivity contribution in [3.05, 3.63) is 0 Å². The van der Waals surface area contributed by atoms with Crippen LogP contribution < -0.4 is 16.4 Å². The summed E-state index contributed by atoms with van der Waals surface area (Å²) < 4.78 is 0.713. The second-order valence-electron chi connectivity index (χ2n) is 2.63. The van der Waals surface area contributed by atoms with Crippen molar-refractivity contribution in [3.8, 4) is 0 Å². The number of imide groups is 1. The summed E-state index contributed by atoms with van der Waals surface area (Å²) in [5.41, 5.74) is 5.39. The predicted molar refractivity (Wildman–Crippen MR) is 62.3 cm³/mol. The van der Waals surface area contributed by atoms with E-state index in [-0.39, 0.29) is 12.3 Å². The van der Waals surface area contributed by atoms with Crippen LogP contribution in [0.25, 0.3) is 0 Å². The third-order valence-electron chi connectivity index (χ3n) is 1.46. The Morgan fingerprint density at radius 2 is 2.25 bits per heavy atom. The fourth-order valence-corrected chi connectivity index (χ4v) is 2.41. The average molecular weight is 261 g/mol. The average Bonchev–Trinajstić information content (AvgIpc) is 2.64. The van der Waals surface area contributed by atoms with Crippen molar-refractivity contribution in [2.45, 2.75) is 10.8 Å². The first-order chi connectivity index (χ1) is 7.61. The van der Waals surface area contributed by atoms with Gasteiger partial charge < -0.3 is 11.1 Å². The van der Waals surface area contributed by atoms with E-state index in [9.17, 15) is 9.59 Å². The van der Waals surface area contributed by atoms with Crippen LogP contribution in [0.15, 0.2) is 4.34 Å². The summed E-state index contributed by atoms with van der Waals surface area (Å²) >= 11 is 2.64. The van der Waals surface area contributed by atoms with Gasteiger partial charge in [0.15, 0.2) is 4.34 Å². The Labute approximate surface area is 100 Å². The Bertz CT molecular complexity index is 381. The zero-order valence-corrected chi connectivity index (χ0v) is 10.2. The molecule has 0 unspecified atom stereocenters. The molecule has 0 aromatic carbocycles. The number of hydrogen-bond donors (Lipinski definition) is 3. The number of nitrogens with zero attached hydrogens (tertiary/aromatic N) is 2. The Morgan fingerprint density at radius 3 is 2.81 bits per heavy atom. The van der Waals surface area contributed by atoms with Gasteiger partial charge in [0.25, 0.3) is 0 Å². The molecule has 0 aliphatic heterocycles. The monoisotopic (exact) mass is 261 g/mol. The molecule has 0 fully saturated rings. The van der Waals surface area contributed by atoms with E-state index < -0.39 is 6.03 Å². The molecule has 4 N–H and O–H groups in total. The van der Waals surface area contributed by atoms with E-state index in [0.717, 1.165) is 0 Å². The van der Waals surface area contributed by atoms with E-state index in [1.807, 2.05) is 0 Å². The van der Waals surface area contributed by atoms with Gasteiger partial charge in [-0.25, -0.2) is 4.79 Å². The van der Waals surface area contributed by atoms with Crippen molar-refractivity contribution in [1.82, 2.24) is 20.8 Å². The number of nitrogens with two attached hydrogens (primary N) is 1. The summed E-state index contributed by atoms with van der Waals surface area (Å²) in [7, 11) is 1.45. The molecule has 0 aliphatic carbocycles. The van der Waals surface area contributed by atoms with Gasteiger partial charge >= 0.3 is 6.03 Å². The van der Waals surface area contributed by atoms with E-state index >= 15 is 0 Å². The number of urea groups is 1. The maximum atomic E-state index is 11.2. The van der Waals surface area contributed by atoms with Crippen molar-refractivity contribution in [3.63, 3.8) is 0 Å². The summed E-state index contributed by atoms with van der Waals surface area (Å²) in [5.74, 6) is 0.196. The van der Waals surface area contributed by atoms with Crippen LogP contribution >= 0.6 is 23.1 Å². The lowest BCUT2D eigenvalue weighted by Gasteiger charge is -2.01. The molecule has 9 heteroatoms. The van der Waals surface area contributed by atoms with Gasteiger partial charge in [0.2, 0.25) is 11.0 Å². The molecule has 0 atom stereocenters. The number of nitrogens with one attached hydrogen (secondary N) is 2. The molecule has 1 aromatic heterocycles. The highest BCUT2D eigenvalue weighted by Gasteiger charge is 2.07. The third kappa shape index (κ3) is 4.45. The van der Waals surface area contributed by atoms with Crippen LogP contribution in [0.2, 0.25) is 0 Å². The summed E-state index contributed by atoms with van der Waals surface area (Å²) in [4.78, 5) is 21.9. The molecular formula is C7H11N5O2S2. The number of hydrogen-bond acceptors (Lipinski definition) is 7. The molecule has 16 heavy (non-hydrogen) atoms. The van der Waals surface area contributed by atoms with Crippen LogP contribution in [0.4, 0.5) is 9.93 Å². The number of anilines is 1. The van der Waals surface area contributed by atoms with Crippen LogP contribution in [0.3, 0.4) is 0 Å². The molecule has 7 nitrogen and oxygen atoms in total. The smallest absolute Gasteiger partial charge is 0.321 e. The van der Waals surface area contributed by atoms with Gasteiger partial charge in [-0.2, -0.15) is 0 Å². The van der Waals surface area contributed by atoms with Crippen LogP contribution in [0.1, 0.15) is 6.42 Å². The first-order valence-electron chi connectivity index (χ1n) is 4.35. The Kier molecular flexibility index (Phi) is 4.99. The lowest BCUT2D eigenvalue weighted by Crippen LogP contribution is -2.37. The fourth-order valence-electron chi connectivity index (χ4n) is 0.761. The second kappa shape index (κ2) is 6.28. The topological polar surface area (TPSA) is 110 Å². The maximum Gasteiger partial charge on any atom is 0.321 e. The zero-order valence-electron chi connectivity index (χ0n) is 8.52. The van der Waals surface area contributed by atoms with Gasteiger partial charge in [-0.15, -0.1) is 10.2 Å². The predicted octanol–water partition coefficient (Wildman–Crippen LogP) is 0.0581. The molecule has 0 bridgehead atoms. The minimum Gasteiger partial charge on any atom is -0.374 e. The number of aromatic nitrogens is 2. The third-order valence-corrected chi connectivity index (χ3v) is 3.34. The first-order valence-corrected chi connectivity index (χ1v) is 6.15. The van der Waals surface area contributed by atoms with Crippen LogP contribution in [0.5, 0.6) is 0 Å². The van der Waals surface area contributed by atoms with Crippen molar-refractivity contribution in [1.29, 1.82) is 0 Å². The van der Waals surface area contributed by atoms with Gasteiger partial charge in [0.05, 0.1) is 0 Å². The van der Waals surface area contributed by atoms with Crippen LogP contribution in [-0.4, -0.2) is 34.9 Å². The summed E-state index contributed by atoms with van der Waals surface area (Å²) in [6, 6.07) is -0.504. The molecule has 0 saturated carbocycles. The first kappa shape index (κ1) is 12.7. The van der Waals surface area contributed by atoms with E-state index in [1.54, 1.807) is 0 Å². The maximum absolute atomic E-state index is 11.2. The van der Waals surface area contributed by atoms with Gasteiger partial charge in [0, 0.05) is 19.2 Å². The van der Waals surface area contributed by atoms with Gasteiger partial charge in [-0.3, -0.25) is 10.1 Å². The molecule has 1 heterocycles. The molecular weight excluding hydrogens is 250 g/mol. The summed E-state index contributed by atoms with van der Waals surface area (Å²) in [6.45, 7) is 0. The van der Waals surface area contributed by atoms with E-state index in [4.69, 9.17) is 5.73 Å². The van der Waals surface area contributed by atoms with Crippen molar-refractivity contribution in [2.24, 2.45) is 0 Å². The molecule has 1 aromatic rings. The van der Waals surface area contributed by atoms with Crippen LogP contribution in [-0.2, 0) is 4.79 Å². The van der Waals surface area contributed by atoms with Crippen molar-refractivity contribution >= 4 is 40.2 Å². The standard InChI is InChI=1S/C7H11N5O2S2/c1-9-6(14)10-4(13)2-3-15-7-12-11-5(8)16-7/h2-3H2,1H3,(H2,8,11)(H2,9,10,13,14). The Hall–Kier alpha value is -1.35. The normalized spacial score (nSPS) is 9.81.